The molecule has 0 atom stereocenters. The lowest BCUT2D eigenvalue weighted by Crippen LogP contribution is -2.48. The fourth-order valence-electron chi connectivity index (χ4n) is 1.69. The predicted octanol–water partition coefficient (Wildman–Crippen LogP) is 1.07. The van der Waals surface area contributed by atoms with Gasteiger partial charge in [-0.15, -0.1) is 0 Å². The van der Waals surface area contributed by atoms with Crippen molar-refractivity contribution in [1.29, 1.82) is 0 Å². The normalized spacial score (nSPS) is 16.9. The van der Waals surface area contributed by atoms with Crippen molar-refractivity contribution in [3.8, 4) is 0 Å². The van der Waals surface area contributed by atoms with Crippen molar-refractivity contribution in [1.82, 2.24) is 5.32 Å². The van der Waals surface area contributed by atoms with E-state index in [1.165, 1.54) is 11.0 Å². The Balaban J connectivity index is 2.34. The summed E-state index contributed by atoms with van der Waals surface area (Å²) in [6, 6.07) is 4.81. The average Bonchev–Trinajstić information content (AvgIpc) is 2.23. The molecule has 1 aromatic carbocycles. The maximum atomic E-state index is 13.5. The standard InChI is InChI=1S/C11H13FN2O/c1-8-2-3-9(12)10(6-8)14-5-4-13-7-11(14)15/h2-3,6,13H,4-5,7H2,1H3. The van der Waals surface area contributed by atoms with Crippen LogP contribution in [-0.2, 0) is 4.79 Å². The minimum absolute atomic E-state index is 0.0780. The van der Waals surface area contributed by atoms with Crippen LogP contribution < -0.4 is 10.2 Å². The fourth-order valence-corrected chi connectivity index (χ4v) is 1.69. The van der Waals surface area contributed by atoms with Crippen LogP contribution >= 0.6 is 0 Å². The van der Waals surface area contributed by atoms with E-state index in [0.29, 0.717) is 18.8 Å². The highest BCUT2D eigenvalue weighted by molar-refractivity contribution is 5.95. The number of nitrogens with one attached hydrogen (secondary N) is 1. The molecule has 80 valence electrons. The van der Waals surface area contributed by atoms with E-state index >= 15 is 0 Å². The molecule has 1 aliphatic rings. The van der Waals surface area contributed by atoms with Crippen LogP contribution in [0.3, 0.4) is 0 Å². The number of aryl methyl sites for hydroxylation is 1. The minimum Gasteiger partial charge on any atom is -0.307 e. The number of rotatable bonds is 1. The molecule has 0 aromatic heterocycles. The molecule has 1 heterocycles. The van der Waals surface area contributed by atoms with E-state index in [-0.39, 0.29) is 18.3 Å². The number of hydrogen-bond acceptors (Lipinski definition) is 2. The summed E-state index contributed by atoms with van der Waals surface area (Å²) in [5.74, 6) is -0.415. The molecule has 2 rings (SSSR count). The molecule has 1 aliphatic heterocycles. The molecule has 1 N–H and O–H groups in total. The van der Waals surface area contributed by atoms with Crippen molar-refractivity contribution in [3.63, 3.8) is 0 Å². The smallest absolute Gasteiger partial charge is 0.241 e. The number of carbonyl (C=O) groups is 1. The number of nitrogens with zero attached hydrogens (tertiary/aromatic N) is 1. The van der Waals surface area contributed by atoms with Gasteiger partial charge in [0.25, 0.3) is 0 Å². The predicted molar refractivity (Wildman–Crippen MR) is 56.4 cm³/mol. The number of benzene rings is 1. The molecule has 1 aromatic rings. The maximum Gasteiger partial charge on any atom is 0.241 e. The Morgan fingerprint density at radius 2 is 2.27 bits per heavy atom. The molecule has 4 heteroatoms. The van der Waals surface area contributed by atoms with Gasteiger partial charge in [0.1, 0.15) is 5.82 Å². The van der Waals surface area contributed by atoms with Crippen LogP contribution in [0.25, 0.3) is 0 Å². The Morgan fingerprint density at radius 3 is 3.00 bits per heavy atom. The zero-order valence-corrected chi connectivity index (χ0v) is 8.59. The first kappa shape index (κ1) is 10.1. The van der Waals surface area contributed by atoms with E-state index in [0.717, 1.165) is 5.56 Å². The number of anilines is 1. The first-order chi connectivity index (χ1) is 7.18. The monoisotopic (exact) mass is 208 g/mol. The van der Waals surface area contributed by atoms with Gasteiger partial charge in [0.2, 0.25) is 5.91 Å². The minimum atomic E-state index is -0.337. The summed E-state index contributed by atoms with van der Waals surface area (Å²) in [5, 5.41) is 2.95. The molecule has 1 amide bonds. The Kier molecular flexibility index (Phi) is 2.68. The van der Waals surface area contributed by atoms with Crippen LogP contribution in [0.15, 0.2) is 18.2 Å². The van der Waals surface area contributed by atoms with Gasteiger partial charge in [-0.05, 0) is 24.6 Å². The van der Waals surface area contributed by atoms with Crippen LogP contribution in [0.2, 0.25) is 0 Å². The molecule has 0 unspecified atom stereocenters. The molecule has 15 heavy (non-hydrogen) atoms. The van der Waals surface area contributed by atoms with Gasteiger partial charge in [-0.2, -0.15) is 0 Å². The molecule has 0 spiro atoms. The molecular weight excluding hydrogens is 195 g/mol. The second kappa shape index (κ2) is 3.98. The summed E-state index contributed by atoms with van der Waals surface area (Å²) in [5.41, 5.74) is 1.35. The summed E-state index contributed by atoms with van der Waals surface area (Å²) in [4.78, 5) is 13.1. The second-order valence-electron chi connectivity index (χ2n) is 3.68. The maximum absolute atomic E-state index is 13.5. The Bertz CT molecular complexity index is 392. The number of halogens is 1. The first-order valence-electron chi connectivity index (χ1n) is 4.96. The van der Waals surface area contributed by atoms with Gasteiger partial charge < -0.3 is 10.2 Å². The van der Waals surface area contributed by atoms with Crippen molar-refractivity contribution in [3.05, 3.63) is 29.6 Å². The largest absolute Gasteiger partial charge is 0.307 e. The second-order valence-corrected chi connectivity index (χ2v) is 3.68. The lowest BCUT2D eigenvalue weighted by molar-refractivity contribution is -0.118. The fraction of sp³-hybridized carbons (Fsp3) is 0.364. The SMILES string of the molecule is Cc1ccc(F)c(N2CCNCC2=O)c1. The molecule has 3 nitrogen and oxygen atoms in total. The van der Waals surface area contributed by atoms with E-state index in [4.69, 9.17) is 0 Å². The van der Waals surface area contributed by atoms with E-state index in [9.17, 15) is 9.18 Å². The highest BCUT2D eigenvalue weighted by Crippen LogP contribution is 2.21. The van der Waals surface area contributed by atoms with Gasteiger partial charge >= 0.3 is 0 Å². The third-order valence-electron chi connectivity index (χ3n) is 2.48. The molecule has 0 bridgehead atoms. The summed E-state index contributed by atoms with van der Waals surface area (Å²) < 4.78 is 13.5. The van der Waals surface area contributed by atoms with Gasteiger partial charge in [0, 0.05) is 13.1 Å². The van der Waals surface area contributed by atoms with Crippen LogP contribution in [-0.4, -0.2) is 25.5 Å². The zero-order valence-electron chi connectivity index (χ0n) is 8.59. The van der Waals surface area contributed by atoms with Gasteiger partial charge in [0.05, 0.1) is 12.2 Å². The number of hydrogen-bond donors (Lipinski definition) is 1. The quantitative estimate of drug-likeness (QED) is 0.748. The zero-order chi connectivity index (χ0) is 10.8. The third kappa shape index (κ3) is 1.99. The molecule has 1 fully saturated rings. The highest BCUT2D eigenvalue weighted by Gasteiger charge is 2.21. The van der Waals surface area contributed by atoms with Crippen LogP contribution in [0, 0.1) is 12.7 Å². The average molecular weight is 208 g/mol. The molecular formula is C11H13FN2O. The lowest BCUT2D eigenvalue weighted by atomic mass is 10.2. The topological polar surface area (TPSA) is 32.3 Å². The summed E-state index contributed by atoms with van der Waals surface area (Å²) >= 11 is 0. The van der Waals surface area contributed by atoms with Crippen molar-refractivity contribution < 1.29 is 9.18 Å². The van der Waals surface area contributed by atoms with Crippen LogP contribution in [0.4, 0.5) is 10.1 Å². The first-order valence-corrected chi connectivity index (χ1v) is 4.96. The van der Waals surface area contributed by atoms with Crippen molar-refractivity contribution in [2.45, 2.75) is 6.92 Å². The van der Waals surface area contributed by atoms with Crippen molar-refractivity contribution >= 4 is 11.6 Å². The Labute approximate surface area is 87.9 Å². The number of carbonyl (C=O) groups excluding carboxylic acids is 1. The summed E-state index contributed by atoms with van der Waals surface area (Å²) in [7, 11) is 0. The lowest BCUT2D eigenvalue weighted by Gasteiger charge is -2.27. The van der Waals surface area contributed by atoms with Crippen LogP contribution in [0.5, 0.6) is 0 Å². The van der Waals surface area contributed by atoms with Crippen molar-refractivity contribution in [2.75, 3.05) is 24.5 Å². The molecule has 0 saturated carbocycles. The Morgan fingerprint density at radius 1 is 1.47 bits per heavy atom. The van der Waals surface area contributed by atoms with E-state index in [1.54, 1.807) is 12.1 Å². The molecule has 0 aliphatic carbocycles. The molecule has 1 saturated heterocycles. The van der Waals surface area contributed by atoms with E-state index < -0.39 is 0 Å². The van der Waals surface area contributed by atoms with E-state index in [2.05, 4.69) is 5.32 Å². The summed E-state index contributed by atoms with van der Waals surface area (Å²) in [6.45, 7) is 3.40. The third-order valence-corrected chi connectivity index (χ3v) is 2.48. The molecule has 0 radical (unpaired) electrons. The van der Waals surface area contributed by atoms with Gasteiger partial charge in [-0.25, -0.2) is 4.39 Å². The van der Waals surface area contributed by atoms with Gasteiger partial charge in [0.15, 0.2) is 0 Å². The highest BCUT2D eigenvalue weighted by atomic mass is 19.1. The number of amides is 1. The van der Waals surface area contributed by atoms with Gasteiger partial charge in [-0.3, -0.25) is 4.79 Å². The van der Waals surface area contributed by atoms with E-state index in [1.807, 2.05) is 6.92 Å². The number of piperazine rings is 1. The van der Waals surface area contributed by atoms with Crippen molar-refractivity contribution in [2.24, 2.45) is 0 Å². The summed E-state index contributed by atoms with van der Waals surface area (Å²) in [6.07, 6.45) is 0. The Hall–Kier alpha value is -1.42. The van der Waals surface area contributed by atoms with Gasteiger partial charge in [-0.1, -0.05) is 6.07 Å². The van der Waals surface area contributed by atoms with Crippen LogP contribution in [0.1, 0.15) is 5.56 Å².